The first-order chi connectivity index (χ1) is 18.0. The monoisotopic (exact) mass is 505 g/mol. The fourth-order valence-corrected chi connectivity index (χ4v) is 5.81. The van der Waals surface area contributed by atoms with Gasteiger partial charge in [-0.3, -0.25) is 9.58 Å². The fraction of sp³-hybridized carbons (Fsp3) is 0.607. The van der Waals surface area contributed by atoms with E-state index in [1.165, 1.54) is 0 Å². The number of fused-ring (bicyclic) bond motifs is 1. The summed E-state index contributed by atoms with van der Waals surface area (Å²) in [5.41, 5.74) is 8.04. The lowest BCUT2D eigenvalue weighted by Crippen LogP contribution is -2.60. The van der Waals surface area contributed by atoms with Crippen LogP contribution in [0, 0.1) is 11.3 Å². The van der Waals surface area contributed by atoms with Gasteiger partial charge in [-0.2, -0.15) is 10.4 Å². The minimum absolute atomic E-state index is 0.00496. The number of nitrogens with zero attached hydrogens (tertiary/aromatic N) is 6. The van der Waals surface area contributed by atoms with Crippen molar-refractivity contribution >= 4 is 16.7 Å². The Morgan fingerprint density at radius 2 is 2.19 bits per heavy atom. The SMILES string of the molecule is CCC(/C=C(\N=C(/N)COC)N1CCN(C2COC2)[C@H](C)C1)n1ncc2ccc(C3(C#N)CCC3)cc21. The number of piperazine rings is 1. The van der Waals surface area contributed by atoms with Gasteiger partial charge in [0.05, 0.1) is 48.5 Å². The lowest BCUT2D eigenvalue weighted by Gasteiger charge is -2.47. The van der Waals surface area contributed by atoms with Gasteiger partial charge in [0, 0.05) is 38.2 Å². The molecule has 1 aromatic heterocycles. The Kier molecular flexibility index (Phi) is 7.52. The molecule has 37 heavy (non-hydrogen) atoms. The Morgan fingerprint density at radius 1 is 1.38 bits per heavy atom. The van der Waals surface area contributed by atoms with E-state index in [4.69, 9.17) is 25.3 Å². The van der Waals surface area contributed by atoms with Gasteiger partial charge in [-0.05, 0) is 50.3 Å². The second-order valence-corrected chi connectivity index (χ2v) is 10.7. The number of benzene rings is 1. The van der Waals surface area contributed by atoms with Crippen molar-refractivity contribution in [3.8, 4) is 6.07 Å². The first-order valence-electron chi connectivity index (χ1n) is 13.5. The van der Waals surface area contributed by atoms with Crippen molar-refractivity contribution in [2.75, 3.05) is 46.6 Å². The molecule has 5 rings (SSSR count). The molecule has 1 saturated carbocycles. The normalized spacial score (nSPS) is 23.9. The lowest BCUT2D eigenvalue weighted by molar-refractivity contribution is -0.0907. The highest BCUT2D eigenvalue weighted by molar-refractivity contribution is 5.82. The lowest BCUT2D eigenvalue weighted by atomic mass is 9.65. The van der Waals surface area contributed by atoms with Crippen molar-refractivity contribution in [1.29, 1.82) is 5.26 Å². The van der Waals surface area contributed by atoms with Crippen LogP contribution in [-0.2, 0) is 14.9 Å². The Labute approximate surface area is 219 Å². The number of amidine groups is 1. The zero-order valence-electron chi connectivity index (χ0n) is 22.3. The highest BCUT2D eigenvalue weighted by Crippen LogP contribution is 2.44. The van der Waals surface area contributed by atoms with Gasteiger partial charge < -0.3 is 20.1 Å². The topological polar surface area (TPSA) is 105 Å². The molecule has 0 spiro atoms. The molecule has 198 valence electrons. The van der Waals surface area contributed by atoms with Gasteiger partial charge >= 0.3 is 0 Å². The summed E-state index contributed by atoms with van der Waals surface area (Å²) in [6.45, 7) is 9.09. The Hall–Kier alpha value is -2.93. The molecule has 3 aliphatic rings. The van der Waals surface area contributed by atoms with E-state index in [1.54, 1.807) is 7.11 Å². The van der Waals surface area contributed by atoms with E-state index < -0.39 is 0 Å². The third-order valence-electron chi connectivity index (χ3n) is 8.29. The van der Waals surface area contributed by atoms with Crippen molar-refractivity contribution in [3.05, 3.63) is 41.9 Å². The van der Waals surface area contributed by atoms with Crippen LogP contribution in [0.1, 0.15) is 51.1 Å². The molecule has 1 aliphatic carbocycles. The molecule has 2 atom stereocenters. The number of aromatic nitrogens is 2. The van der Waals surface area contributed by atoms with Crippen LogP contribution in [0.4, 0.5) is 0 Å². The molecule has 2 saturated heterocycles. The maximum Gasteiger partial charge on any atom is 0.128 e. The van der Waals surface area contributed by atoms with Gasteiger partial charge in [-0.15, -0.1) is 0 Å². The number of hydrogen-bond donors (Lipinski definition) is 1. The summed E-state index contributed by atoms with van der Waals surface area (Å²) < 4.78 is 12.8. The molecular weight excluding hydrogens is 466 g/mol. The van der Waals surface area contributed by atoms with E-state index in [2.05, 4.69) is 58.7 Å². The molecule has 2 aromatic rings. The molecule has 0 amide bonds. The maximum absolute atomic E-state index is 9.89. The third-order valence-corrected chi connectivity index (χ3v) is 8.29. The predicted molar refractivity (Wildman–Crippen MR) is 144 cm³/mol. The van der Waals surface area contributed by atoms with Crippen LogP contribution in [0.25, 0.3) is 10.9 Å². The molecular formula is C28H39N7O2. The van der Waals surface area contributed by atoms with Crippen molar-refractivity contribution in [2.24, 2.45) is 10.7 Å². The van der Waals surface area contributed by atoms with Crippen molar-refractivity contribution in [3.63, 3.8) is 0 Å². The molecule has 2 aliphatic heterocycles. The molecule has 3 heterocycles. The van der Waals surface area contributed by atoms with E-state index in [9.17, 15) is 5.26 Å². The zero-order valence-corrected chi connectivity index (χ0v) is 22.3. The van der Waals surface area contributed by atoms with E-state index in [0.29, 0.717) is 17.9 Å². The molecule has 0 radical (unpaired) electrons. The minimum Gasteiger partial charge on any atom is -0.385 e. The summed E-state index contributed by atoms with van der Waals surface area (Å²) >= 11 is 0. The van der Waals surface area contributed by atoms with Gasteiger partial charge in [0.25, 0.3) is 0 Å². The molecule has 1 unspecified atom stereocenters. The second-order valence-electron chi connectivity index (χ2n) is 10.7. The number of aliphatic imine (C=N–C) groups is 1. The van der Waals surface area contributed by atoms with Crippen LogP contribution in [0.2, 0.25) is 0 Å². The largest absolute Gasteiger partial charge is 0.385 e. The summed E-state index contributed by atoms with van der Waals surface area (Å²) in [4.78, 5) is 9.71. The van der Waals surface area contributed by atoms with Crippen molar-refractivity contribution < 1.29 is 9.47 Å². The van der Waals surface area contributed by atoms with Crippen LogP contribution in [0.5, 0.6) is 0 Å². The van der Waals surface area contributed by atoms with Gasteiger partial charge in [-0.25, -0.2) is 4.99 Å². The van der Waals surface area contributed by atoms with Gasteiger partial charge in [0.1, 0.15) is 18.3 Å². The third kappa shape index (κ3) is 4.98. The first kappa shape index (κ1) is 25.7. The van der Waals surface area contributed by atoms with Gasteiger partial charge in [0.15, 0.2) is 0 Å². The molecule has 9 nitrogen and oxygen atoms in total. The number of hydrogen-bond acceptors (Lipinski definition) is 7. The van der Waals surface area contributed by atoms with Crippen LogP contribution >= 0.6 is 0 Å². The van der Waals surface area contributed by atoms with Crippen molar-refractivity contribution in [1.82, 2.24) is 19.6 Å². The molecule has 0 bridgehead atoms. The van der Waals surface area contributed by atoms with Gasteiger partial charge in [0.2, 0.25) is 0 Å². The van der Waals surface area contributed by atoms with E-state index in [0.717, 1.165) is 80.8 Å². The first-order valence-corrected chi connectivity index (χ1v) is 13.5. The Bertz CT molecular complexity index is 1200. The standard InChI is InChI=1S/C28H39N7O2/c1-4-23(35-25-12-22(7-6-21(25)14-31-35)28(19-29)8-5-9-28)13-27(32-26(30)18-36-3)33-10-11-34(20(2)15-33)24-16-37-17-24/h6-7,12-14,20,23-24H,4-5,8-11,15-18H2,1-3H3,(H2,30,32)/b27-13+/t20-,23?/m1/s1. The maximum atomic E-state index is 9.89. The number of rotatable bonds is 9. The number of methoxy groups -OCH3 is 1. The van der Waals surface area contributed by atoms with Gasteiger partial charge in [-0.1, -0.05) is 19.1 Å². The Balaban J connectivity index is 1.47. The van der Waals surface area contributed by atoms with Crippen molar-refractivity contribution in [2.45, 2.75) is 63.1 Å². The predicted octanol–water partition coefficient (Wildman–Crippen LogP) is 3.18. The summed E-state index contributed by atoms with van der Waals surface area (Å²) in [7, 11) is 1.63. The smallest absolute Gasteiger partial charge is 0.128 e. The summed E-state index contributed by atoms with van der Waals surface area (Å²) in [5.74, 6) is 1.32. The van der Waals surface area contributed by atoms with E-state index in [1.807, 2.05) is 6.20 Å². The van der Waals surface area contributed by atoms with Crippen LogP contribution in [0.15, 0.2) is 41.3 Å². The molecule has 1 aromatic carbocycles. The average Bonchev–Trinajstić information content (AvgIpc) is 3.25. The number of allylic oxidation sites excluding steroid dienone is 1. The highest BCUT2D eigenvalue weighted by Gasteiger charge is 2.39. The fourth-order valence-electron chi connectivity index (χ4n) is 5.81. The quantitative estimate of drug-likeness (QED) is 0.412. The average molecular weight is 506 g/mol. The Morgan fingerprint density at radius 3 is 2.78 bits per heavy atom. The van der Waals surface area contributed by atoms with E-state index >= 15 is 0 Å². The van der Waals surface area contributed by atoms with Crippen LogP contribution < -0.4 is 5.73 Å². The molecule has 3 fully saturated rings. The zero-order chi connectivity index (χ0) is 26.0. The summed E-state index contributed by atoms with van der Waals surface area (Å²) in [6, 6.07) is 9.86. The van der Waals surface area contributed by atoms with Crippen LogP contribution in [0.3, 0.4) is 0 Å². The molecule has 9 heteroatoms. The second kappa shape index (κ2) is 10.8. The number of nitriles is 1. The summed E-state index contributed by atoms with van der Waals surface area (Å²) in [5, 5.41) is 15.8. The molecule has 2 N–H and O–H groups in total. The highest BCUT2D eigenvalue weighted by atomic mass is 16.5. The van der Waals surface area contributed by atoms with E-state index in [-0.39, 0.29) is 18.1 Å². The minimum atomic E-state index is -0.355. The van der Waals surface area contributed by atoms with Crippen LogP contribution in [-0.4, -0.2) is 84.1 Å². The number of ether oxygens (including phenoxy) is 2. The summed E-state index contributed by atoms with van der Waals surface area (Å²) in [6.07, 6.45) is 7.92. The number of nitrogens with two attached hydrogens (primary N) is 1.